The zero-order valence-electron chi connectivity index (χ0n) is 11.6. The van der Waals surface area contributed by atoms with Crippen molar-refractivity contribution in [1.29, 1.82) is 0 Å². The summed E-state index contributed by atoms with van der Waals surface area (Å²) in [5.74, 6) is 7.62. The molecule has 4 heteroatoms. The second-order valence-corrected chi connectivity index (χ2v) is 6.68. The highest BCUT2D eigenvalue weighted by atomic mass is 35.5. The lowest BCUT2D eigenvalue weighted by atomic mass is 9.85. The van der Waals surface area contributed by atoms with Crippen molar-refractivity contribution in [3.8, 4) is 11.8 Å². The number of hydrogen-bond acceptors (Lipinski definition) is 3. The summed E-state index contributed by atoms with van der Waals surface area (Å²) < 4.78 is 5.45. The van der Waals surface area contributed by atoms with Crippen molar-refractivity contribution >= 4 is 11.6 Å². The molecule has 5 unspecified atom stereocenters. The van der Waals surface area contributed by atoms with Crippen molar-refractivity contribution in [1.82, 2.24) is 0 Å². The first kappa shape index (κ1) is 15.1. The van der Waals surface area contributed by atoms with Gasteiger partial charge >= 0.3 is 0 Å². The predicted molar refractivity (Wildman–Crippen MR) is 74.9 cm³/mol. The molecule has 5 atom stereocenters. The Balaban J connectivity index is 1.84. The van der Waals surface area contributed by atoms with E-state index < -0.39 is 5.60 Å². The monoisotopic (exact) mass is 286 g/mol. The van der Waals surface area contributed by atoms with Gasteiger partial charge < -0.3 is 14.9 Å². The first-order valence-electron chi connectivity index (χ1n) is 7.01. The first-order valence-corrected chi connectivity index (χ1v) is 7.45. The zero-order chi connectivity index (χ0) is 14.0. The smallest absolute Gasteiger partial charge is 0.123 e. The minimum absolute atomic E-state index is 0.0172. The maximum Gasteiger partial charge on any atom is 0.123 e. The third kappa shape index (κ3) is 3.44. The van der Waals surface area contributed by atoms with E-state index in [0.29, 0.717) is 24.4 Å². The van der Waals surface area contributed by atoms with Gasteiger partial charge in [-0.25, -0.2) is 0 Å². The first-order chi connectivity index (χ1) is 8.94. The molecule has 2 bridgehead atoms. The summed E-state index contributed by atoms with van der Waals surface area (Å²) in [5.41, 5.74) is -0.514. The Morgan fingerprint density at radius 1 is 1.37 bits per heavy atom. The molecule has 0 aromatic carbocycles. The van der Waals surface area contributed by atoms with Gasteiger partial charge in [-0.2, -0.15) is 0 Å². The minimum Gasteiger partial charge on any atom is -0.394 e. The predicted octanol–water partition coefficient (Wildman–Crippen LogP) is 1.79. The second-order valence-electron chi connectivity index (χ2n) is 6.18. The summed E-state index contributed by atoms with van der Waals surface area (Å²) in [7, 11) is 0. The van der Waals surface area contributed by atoms with E-state index in [2.05, 4.69) is 11.8 Å². The molecule has 0 aromatic heterocycles. The van der Waals surface area contributed by atoms with Gasteiger partial charge in [-0.05, 0) is 44.4 Å². The largest absolute Gasteiger partial charge is 0.394 e. The van der Waals surface area contributed by atoms with E-state index >= 15 is 0 Å². The van der Waals surface area contributed by atoms with Crippen LogP contribution in [-0.2, 0) is 4.74 Å². The summed E-state index contributed by atoms with van der Waals surface area (Å²) in [5, 5.41) is 18.5. The molecule has 0 saturated heterocycles. The average molecular weight is 287 g/mol. The number of aliphatic hydroxyl groups is 2. The van der Waals surface area contributed by atoms with Crippen LogP contribution in [0.15, 0.2) is 0 Å². The van der Waals surface area contributed by atoms with Crippen molar-refractivity contribution in [2.45, 2.75) is 50.2 Å². The van der Waals surface area contributed by atoms with Crippen molar-refractivity contribution in [3.05, 3.63) is 0 Å². The molecule has 19 heavy (non-hydrogen) atoms. The van der Waals surface area contributed by atoms with Crippen LogP contribution in [0.1, 0.15) is 33.1 Å². The second kappa shape index (κ2) is 6.01. The fourth-order valence-corrected chi connectivity index (χ4v) is 3.86. The number of aliphatic hydroxyl groups excluding tert-OH is 2. The Morgan fingerprint density at radius 3 is 2.68 bits per heavy atom. The van der Waals surface area contributed by atoms with Crippen LogP contribution in [0.2, 0.25) is 0 Å². The normalized spacial score (nSPS) is 37.2. The average Bonchev–Trinajstić information content (AvgIpc) is 2.88. The number of halogens is 1. The maximum absolute atomic E-state index is 9.85. The molecular formula is C15H23ClO3. The van der Waals surface area contributed by atoms with Gasteiger partial charge in [0, 0.05) is 6.42 Å². The van der Waals surface area contributed by atoms with Crippen LogP contribution in [0, 0.1) is 29.6 Å². The highest BCUT2D eigenvalue weighted by Crippen LogP contribution is 2.51. The van der Waals surface area contributed by atoms with Gasteiger partial charge in [-0.15, -0.1) is 11.6 Å². The Hall–Kier alpha value is -0.270. The molecule has 2 aliphatic carbocycles. The molecule has 0 amide bonds. The minimum atomic E-state index is -0.514. The lowest BCUT2D eigenvalue weighted by molar-refractivity contribution is 0.00594. The molecule has 2 saturated carbocycles. The van der Waals surface area contributed by atoms with E-state index in [1.807, 2.05) is 13.8 Å². The Kier molecular flexibility index (Phi) is 4.79. The van der Waals surface area contributed by atoms with Crippen LogP contribution in [0.3, 0.4) is 0 Å². The molecule has 2 N–H and O–H groups in total. The summed E-state index contributed by atoms with van der Waals surface area (Å²) in [4.78, 5) is 0. The van der Waals surface area contributed by atoms with E-state index in [4.69, 9.17) is 21.4 Å². The lowest BCUT2D eigenvalue weighted by Gasteiger charge is -2.28. The van der Waals surface area contributed by atoms with Gasteiger partial charge in [-0.1, -0.05) is 11.8 Å². The standard InChI is InChI=1S/C15H23ClO3/c1-15(2,19-7-6-17)5-3-4-10-8-11-9-12(10)13(16)14(11)18/h10-14,17-18H,4,6-9H2,1-2H3. The van der Waals surface area contributed by atoms with E-state index in [9.17, 15) is 5.11 Å². The van der Waals surface area contributed by atoms with Gasteiger partial charge in [0.15, 0.2) is 0 Å². The summed E-state index contributed by atoms with van der Waals surface area (Å²) >= 11 is 6.24. The van der Waals surface area contributed by atoms with Crippen molar-refractivity contribution in [2.75, 3.05) is 13.2 Å². The van der Waals surface area contributed by atoms with E-state index in [-0.39, 0.29) is 18.1 Å². The van der Waals surface area contributed by atoms with Crippen LogP contribution >= 0.6 is 11.6 Å². The number of alkyl halides is 1. The molecule has 2 rings (SSSR count). The third-order valence-electron chi connectivity index (χ3n) is 4.31. The molecule has 0 spiro atoms. The van der Waals surface area contributed by atoms with E-state index in [0.717, 1.165) is 19.3 Å². The van der Waals surface area contributed by atoms with E-state index in [1.54, 1.807) is 0 Å². The molecule has 2 aliphatic rings. The van der Waals surface area contributed by atoms with Gasteiger partial charge in [-0.3, -0.25) is 0 Å². The number of hydrogen-bond donors (Lipinski definition) is 2. The van der Waals surface area contributed by atoms with Crippen LogP contribution in [0.25, 0.3) is 0 Å². The van der Waals surface area contributed by atoms with Crippen molar-refractivity contribution < 1.29 is 14.9 Å². The highest BCUT2D eigenvalue weighted by Gasteiger charge is 2.50. The summed E-state index contributed by atoms with van der Waals surface area (Å²) in [6.45, 7) is 4.14. The molecule has 2 fully saturated rings. The molecule has 108 valence electrons. The molecular weight excluding hydrogens is 264 g/mol. The Bertz CT molecular complexity index is 369. The van der Waals surface area contributed by atoms with Crippen LogP contribution in [0.5, 0.6) is 0 Å². The lowest BCUT2D eigenvalue weighted by Crippen LogP contribution is -2.32. The van der Waals surface area contributed by atoms with Crippen molar-refractivity contribution in [2.24, 2.45) is 17.8 Å². The molecule has 0 aromatic rings. The van der Waals surface area contributed by atoms with Crippen LogP contribution < -0.4 is 0 Å². The van der Waals surface area contributed by atoms with Crippen LogP contribution in [0.4, 0.5) is 0 Å². The van der Waals surface area contributed by atoms with Gasteiger partial charge in [0.1, 0.15) is 5.60 Å². The van der Waals surface area contributed by atoms with Gasteiger partial charge in [0.05, 0.1) is 24.7 Å². The van der Waals surface area contributed by atoms with Gasteiger partial charge in [0.2, 0.25) is 0 Å². The number of fused-ring (bicyclic) bond motifs is 2. The molecule has 0 aliphatic heterocycles. The van der Waals surface area contributed by atoms with E-state index in [1.165, 1.54) is 0 Å². The summed E-state index contributed by atoms with van der Waals surface area (Å²) in [6.07, 6.45) is 2.59. The molecule has 0 heterocycles. The van der Waals surface area contributed by atoms with Crippen molar-refractivity contribution in [3.63, 3.8) is 0 Å². The maximum atomic E-state index is 9.85. The zero-order valence-corrected chi connectivity index (χ0v) is 12.4. The summed E-state index contributed by atoms with van der Waals surface area (Å²) in [6, 6.07) is 0. The fourth-order valence-electron chi connectivity index (χ4n) is 3.35. The highest BCUT2D eigenvalue weighted by molar-refractivity contribution is 6.21. The number of rotatable bonds is 4. The Morgan fingerprint density at radius 2 is 2.11 bits per heavy atom. The fraction of sp³-hybridized carbons (Fsp3) is 0.867. The SMILES string of the molecule is CC(C)(C#CCC1CC2CC1C(Cl)C2O)OCCO. The molecule has 3 nitrogen and oxygen atoms in total. The molecule has 0 radical (unpaired) electrons. The topological polar surface area (TPSA) is 49.7 Å². The van der Waals surface area contributed by atoms with Gasteiger partial charge in [0.25, 0.3) is 0 Å². The Labute approximate surface area is 120 Å². The van der Waals surface area contributed by atoms with Crippen LogP contribution in [-0.4, -0.2) is 40.5 Å². The third-order valence-corrected chi connectivity index (χ3v) is 4.89. The quantitative estimate of drug-likeness (QED) is 0.612. The number of ether oxygens (including phenoxy) is 1.